The van der Waals surface area contributed by atoms with Crippen LogP contribution in [-0.4, -0.2) is 40.4 Å². The molecule has 5 aromatic rings. The third-order valence-electron chi connectivity index (χ3n) is 7.41. The molecule has 226 valence electrons. The Bertz CT molecular complexity index is 1890. The van der Waals surface area contributed by atoms with Gasteiger partial charge in [-0.05, 0) is 100 Å². The molecule has 2 heterocycles. The molecule has 1 atom stereocenters. The fraction of sp³-hybridized carbons (Fsp3) is 0.257. The van der Waals surface area contributed by atoms with E-state index in [1.165, 1.54) is 11.3 Å². The van der Waals surface area contributed by atoms with Crippen molar-refractivity contribution in [1.82, 2.24) is 9.97 Å². The minimum Gasteiger partial charge on any atom is -0.479 e. The average molecular weight is 627 g/mol. The molecule has 0 radical (unpaired) electrons. The number of aliphatic carboxylic acids is 1. The Morgan fingerprint density at radius 3 is 2.32 bits per heavy atom. The van der Waals surface area contributed by atoms with Gasteiger partial charge in [-0.25, -0.2) is 9.78 Å². The number of hydrogen-bond acceptors (Lipinski definition) is 7. The topological polar surface area (TPSA) is 87.9 Å². The predicted molar refractivity (Wildman–Crippen MR) is 182 cm³/mol. The SMILES string of the molecule is C=NN(C)c1ccc(-c2cc(-c3nc4cc(C)c([C@H](OC(C)(C)C)C(=O)O)c(-c5ccc(Cl)cc5)c4s3)c(C)cn2)cc1C. The number of fused-ring (bicyclic) bond motifs is 1. The van der Waals surface area contributed by atoms with E-state index in [1.807, 2.05) is 97.3 Å². The predicted octanol–water partition coefficient (Wildman–Crippen LogP) is 9.26. The van der Waals surface area contributed by atoms with Crippen molar-refractivity contribution in [2.24, 2.45) is 5.10 Å². The van der Waals surface area contributed by atoms with Crippen LogP contribution < -0.4 is 5.01 Å². The van der Waals surface area contributed by atoms with Gasteiger partial charge in [-0.3, -0.25) is 9.99 Å². The zero-order valence-electron chi connectivity index (χ0n) is 25.9. The first kappa shape index (κ1) is 31.3. The van der Waals surface area contributed by atoms with E-state index in [0.717, 1.165) is 65.5 Å². The summed E-state index contributed by atoms with van der Waals surface area (Å²) < 4.78 is 7.03. The van der Waals surface area contributed by atoms with Crippen molar-refractivity contribution in [3.8, 4) is 33.0 Å². The Labute approximate surface area is 266 Å². The molecule has 9 heteroatoms. The van der Waals surface area contributed by atoms with Gasteiger partial charge in [-0.1, -0.05) is 29.8 Å². The van der Waals surface area contributed by atoms with E-state index in [9.17, 15) is 9.90 Å². The summed E-state index contributed by atoms with van der Waals surface area (Å²) in [7, 11) is 1.86. The molecule has 0 aliphatic rings. The van der Waals surface area contributed by atoms with Crippen LogP contribution in [0, 0.1) is 20.8 Å². The van der Waals surface area contributed by atoms with Crippen molar-refractivity contribution in [3.63, 3.8) is 0 Å². The molecule has 5 rings (SSSR count). The summed E-state index contributed by atoms with van der Waals surface area (Å²) in [6.07, 6.45) is 0.692. The zero-order chi connectivity index (χ0) is 31.9. The first-order chi connectivity index (χ1) is 20.8. The van der Waals surface area contributed by atoms with Crippen LogP contribution in [0.25, 0.3) is 43.2 Å². The Hall–Kier alpha value is -4.11. The number of anilines is 1. The smallest absolute Gasteiger partial charge is 0.337 e. The molecule has 0 amide bonds. The molecule has 0 saturated carbocycles. The largest absolute Gasteiger partial charge is 0.479 e. The molecule has 0 aliphatic heterocycles. The van der Waals surface area contributed by atoms with Crippen LogP contribution in [0.4, 0.5) is 5.69 Å². The summed E-state index contributed by atoms with van der Waals surface area (Å²) in [5.41, 5.74) is 8.92. The van der Waals surface area contributed by atoms with E-state index in [2.05, 4.69) is 24.0 Å². The summed E-state index contributed by atoms with van der Waals surface area (Å²) >= 11 is 7.78. The molecule has 2 aromatic heterocycles. The first-order valence-electron chi connectivity index (χ1n) is 14.2. The molecule has 0 unspecified atom stereocenters. The fourth-order valence-electron chi connectivity index (χ4n) is 5.32. The van der Waals surface area contributed by atoms with Crippen molar-refractivity contribution in [2.45, 2.75) is 53.2 Å². The van der Waals surface area contributed by atoms with E-state index in [4.69, 9.17) is 26.3 Å². The van der Waals surface area contributed by atoms with Gasteiger partial charge in [-0.15, -0.1) is 11.3 Å². The lowest BCUT2D eigenvalue weighted by atomic mass is 9.91. The third kappa shape index (κ3) is 6.24. The number of hydrogen-bond donors (Lipinski definition) is 1. The standard InChI is InChI=1S/C35H35ClN4O3S/c1-19-15-23(11-14-28(19)40(8)37-7)26-17-25(21(3)18-38-26)33-39-27-16-20(2)29(31(34(41)42)43-35(4,5)6)30(32(27)44-33)22-9-12-24(36)13-10-22/h9-18,31H,7H2,1-6,8H3,(H,41,42)/t31-/m0/s1. The second-order valence-corrected chi connectivity index (χ2v) is 13.3. The number of benzene rings is 3. The molecule has 0 fully saturated rings. The second-order valence-electron chi connectivity index (χ2n) is 11.9. The number of aromatic nitrogens is 2. The Kier molecular flexibility index (Phi) is 8.62. The number of carboxylic acids is 1. The Morgan fingerprint density at radius 2 is 1.70 bits per heavy atom. The van der Waals surface area contributed by atoms with E-state index < -0.39 is 17.7 Å². The molecule has 0 aliphatic carbocycles. The summed E-state index contributed by atoms with van der Waals surface area (Å²) in [4.78, 5) is 22.5. The van der Waals surface area contributed by atoms with E-state index in [0.29, 0.717) is 10.6 Å². The second kappa shape index (κ2) is 12.1. The molecule has 0 spiro atoms. The highest BCUT2D eigenvalue weighted by Crippen LogP contribution is 2.45. The van der Waals surface area contributed by atoms with Crippen LogP contribution in [0.2, 0.25) is 5.02 Å². The van der Waals surface area contributed by atoms with Crippen LogP contribution in [0.5, 0.6) is 0 Å². The highest BCUT2D eigenvalue weighted by molar-refractivity contribution is 7.22. The quantitative estimate of drug-likeness (QED) is 0.136. The summed E-state index contributed by atoms with van der Waals surface area (Å²) in [5, 5.41) is 17.5. The van der Waals surface area contributed by atoms with Gasteiger partial charge in [-0.2, -0.15) is 5.10 Å². The number of halogens is 1. The molecular formula is C35H35ClN4O3S. The van der Waals surface area contributed by atoms with Gasteiger partial charge in [0.15, 0.2) is 6.10 Å². The lowest BCUT2D eigenvalue weighted by Crippen LogP contribution is -2.28. The van der Waals surface area contributed by atoms with Crippen LogP contribution in [-0.2, 0) is 9.53 Å². The molecule has 7 nitrogen and oxygen atoms in total. The number of aryl methyl sites for hydroxylation is 3. The number of carbonyl (C=O) groups is 1. The number of rotatable bonds is 8. The van der Waals surface area contributed by atoms with Crippen molar-refractivity contribution in [1.29, 1.82) is 0 Å². The third-order valence-corrected chi connectivity index (χ3v) is 8.78. The van der Waals surface area contributed by atoms with Crippen molar-refractivity contribution >= 4 is 51.5 Å². The average Bonchev–Trinajstić information content (AvgIpc) is 3.38. The van der Waals surface area contributed by atoms with Gasteiger partial charge in [0.1, 0.15) is 5.01 Å². The van der Waals surface area contributed by atoms with Crippen LogP contribution in [0.15, 0.2) is 65.9 Å². The minimum atomic E-state index is -1.17. The number of carboxylic acid groups (broad SMARTS) is 1. The number of thiazole rings is 1. The van der Waals surface area contributed by atoms with Gasteiger partial charge in [0.2, 0.25) is 0 Å². The van der Waals surface area contributed by atoms with Crippen molar-refractivity contribution in [3.05, 3.63) is 88.1 Å². The molecular weight excluding hydrogens is 592 g/mol. The molecule has 3 aromatic carbocycles. The van der Waals surface area contributed by atoms with Crippen molar-refractivity contribution < 1.29 is 14.6 Å². The van der Waals surface area contributed by atoms with Gasteiger partial charge >= 0.3 is 5.97 Å². The summed E-state index contributed by atoms with van der Waals surface area (Å²) in [5.74, 6) is -1.05. The van der Waals surface area contributed by atoms with Gasteiger partial charge in [0, 0.05) is 47.2 Å². The summed E-state index contributed by atoms with van der Waals surface area (Å²) in [6.45, 7) is 15.2. The maximum atomic E-state index is 12.7. The molecule has 1 N–H and O–H groups in total. The fourth-order valence-corrected chi connectivity index (χ4v) is 6.65. The lowest BCUT2D eigenvalue weighted by Gasteiger charge is -2.28. The number of nitrogens with zero attached hydrogens (tertiary/aromatic N) is 4. The number of ether oxygens (including phenoxy) is 1. The van der Waals surface area contributed by atoms with Gasteiger partial charge in [0.25, 0.3) is 0 Å². The Balaban J connectivity index is 1.71. The van der Waals surface area contributed by atoms with Gasteiger partial charge < -0.3 is 9.84 Å². The van der Waals surface area contributed by atoms with Crippen LogP contribution in [0.3, 0.4) is 0 Å². The maximum Gasteiger partial charge on any atom is 0.337 e. The van der Waals surface area contributed by atoms with Crippen molar-refractivity contribution in [2.75, 3.05) is 12.1 Å². The highest BCUT2D eigenvalue weighted by atomic mass is 35.5. The van der Waals surface area contributed by atoms with Crippen LogP contribution >= 0.6 is 22.9 Å². The highest BCUT2D eigenvalue weighted by Gasteiger charge is 2.32. The molecule has 0 bridgehead atoms. The number of pyridine rings is 1. The first-order valence-corrected chi connectivity index (χ1v) is 15.4. The minimum absolute atomic E-state index is 0.598. The molecule has 44 heavy (non-hydrogen) atoms. The van der Waals surface area contributed by atoms with Crippen LogP contribution in [0.1, 0.15) is 49.1 Å². The maximum absolute atomic E-state index is 12.7. The normalized spacial score (nSPS) is 12.4. The Morgan fingerprint density at radius 1 is 1.02 bits per heavy atom. The lowest BCUT2D eigenvalue weighted by molar-refractivity contribution is -0.160. The monoisotopic (exact) mass is 626 g/mol. The number of hydrazone groups is 1. The van der Waals surface area contributed by atoms with Gasteiger partial charge in [0.05, 0.1) is 27.2 Å². The van der Waals surface area contributed by atoms with E-state index in [-0.39, 0.29) is 0 Å². The van der Waals surface area contributed by atoms with E-state index >= 15 is 0 Å². The summed E-state index contributed by atoms with van der Waals surface area (Å²) in [6, 6.07) is 17.6. The zero-order valence-corrected chi connectivity index (χ0v) is 27.5. The molecule has 0 saturated heterocycles. The van der Waals surface area contributed by atoms with E-state index in [1.54, 1.807) is 5.01 Å².